The van der Waals surface area contributed by atoms with Crippen LogP contribution < -0.4 is 0 Å². The second kappa shape index (κ2) is 9.26. The average molecular weight is 350 g/mol. The summed E-state index contributed by atoms with van der Waals surface area (Å²) in [4.78, 5) is 15.4. The number of nitrogens with zero attached hydrogens (tertiary/aromatic N) is 6. The number of aromatic nitrogens is 5. The zero-order valence-electron chi connectivity index (χ0n) is 15.0. The van der Waals surface area contributed by atoms with Crippen molar-refractivity contribution in [3.63, 3.8) is 0 Å². The number of hydrogen-bond donors (Lipinski definition) is 1. The molecule has 3 heterocycles. The van der Waals surface area contributed by atoms with Crippen molar-refractivity contribution in [1.82, 2.24) is 29.8 Å². The van der Waals surface area contributed by atoms with Gasteiger partial charge in [0.1, 0.15) is 12.2 Å². The van der Waals surface area contributed by atoms with Gasteiger partial charge in [0.2, 0.25) is 5.89 Å². The molecule has 0 aromatic carbocycles. The Morgan fingerprint density at radius 3 is 2.80 bits per heavy atom. The summed E-state index contributed by atoms with van der Waals surface area (Å²) in [6.45, 7) is 9.95. The topological polar surface area (TPSA) is 110 Å². The number of likely N-dealkylation sites (tertiary alicyclic amines) is 1. The molecule has 0 saturated carbocycles. The van der Waals surface area contributed by atoms with Crippen LogP contribution >= 0.6 is 0 Å². The van der Waals surface area contributed by atoms with Crippen molar-refractivity contribution in [2.75, 3.05) is 19.6 Å². The lowest BCUT2D eigenvalue weighted by molar-refractivity contribution is -0.122. The van der Waals surface area contributed by atoms with Crippen molar-refractivity contribution in [3.8, 4) is 0 Å². The van der Waals surface area contributed by atoms with Crippen molar-refractivity contribution in [3.05, 3.63) is 23.9 Å². The first-order valence-corrected chi connectivity index (χ1v) is 8.53. The van der Waals surface area contributed by atoms with Crippen LogP contribution in [-0.4, -0.2) is 61.0 Å². The second-order valence-corrected chi connectivity index (χ2v) is 6.46. The first-order valence-electron chi connectivity index (χ1n) is 8.53. The van der Waals surface area contributed by atoms with Gasteiger partial charge in [-0.05, 0) is 26.3 Å². The SMILES string of the molecule is Cc1nncn1CCN1CCCC(c2nc(C(C)C)no2)C1.O=CO. The Balaban J connectivity index is 0.000000701. The monoisotopic (exact) mass is 350 g/mol. The molecule has 9 heteroatoms. The van der Waals surface area contributed by atoms with Crippen molar-refractivity contribution >= 4 is 6.47 Å². The van der Waals surface area contributed by atoms with Crippen molar-refractivity contribution in [2.45, 2.75) is 52.0 Å². The van der Waals surface area contributed by atoms with Gasteiger partial charge in [0, 0.05) is 25.6 Å². The molecule has 2 aromatic heterocycles. The predicted molar refractivity (Wildman–Crippen MR) is 90.3 cm³/mol. The Hall–Kier alpha value is -2.29. The van der Waals surface area contributed by atoms with Crippen molar-refractivity contribution < 1.29 is 14.4 Å². The van der Waals surface area contributed by atoms with Gasteiger partial charge in [-0.15, -0.1) is 10.2 Å². The molecule has 1 aliphatic heterocycles. The molecule has 1 N–H and O–H groups in total. The van der Waals surface area contributed by atoms with Crippen molar-refractivity contribution in [1.29, 1.82) is 0 Å². The van der Waals surface area contributed by atoms with E-state index in [2.05, 4.69) is 43.7 Å². The van der Waals surface area contributed by atoms with Gasteiger partial charge in [-0.3, -0.25) is 4.79 Å². The summed E-state index contributed by atoms with van der Waals surface area (Å²) < 4.78 is 7.56. The molecule has 0 amide bonds. The maximum atomic E-state index is 8.36. The molecule has 2 aromatic rings. The molecule has 1 unspecified atom stereocenters. The predicted octanol–water partition coefficient (Wildman–Crippen LogP) is 1.67. The van der Waals surface area contributed by atoms with E-state index in [0.29, 0.717) is 11.8 Å². The molecule has 0 bridgehead atoms. The lowest BCUT2D eigenvalue weighted by Crippen LogP contribution is -2.36. The van der Waals surface area contributed by atoms with E-state index in [4.69, 9.17) is 14.4 Å². The minimum absolute atomic E-state index is 0.250. The van der Waals surface area contributed by atoms with Gasteiger partial charge in [0.25, 0.3) is 6.47 Å². The zero-order chi connectivity index (χ0) is 18.2. The molecule has 1 saturated heterocycles. The van der Waals surface area contributed by atoms with Crippen LogP contribution in [0.2, 0.25) is 0 Å². The zero-order valence-corrected chi connectivity index (χ0v) is 15.0. The minimum atomic E-state index is -0.250. The molecule has 9 nitrogen and oxygen atoms in total. The number of rotatable bonds is 5. The Morgan fingerprint density at radius 1 is 1.44 bits per heavy atom. The van der Waals surface area contributed by atoms with Crippen LogP contribution in [0, 0.1) is 6.92 Å². The van der Waals surface area contributed by atoms with Gasteiger partial charge in [-0.2, -0.15) is 4.98 Å². The molecule has 3 rings (SSSR count). The third-order valence-electron chi connectivity index (χ3n) is 4.29. The van der Waals surface area contributed by atoms with Crippen molar-refractivity contribution in [2.24, 2.45) is 0 Å². The first-order chi connectivity index (χ1) is 12.0. The maximum Gasteiger partial charge on any atom is 0.290 e. The highest BCUT2D eigenvalue weighted by molar-refractivity contribution is 5.32. The smallest absolute Gasteiger partial charge is 0.290 e. The lowest BCUT2D eigenvalue weighted by Gasteiger charge is -2.30. The van der Waals surface area contributed by atoms with Crippen LogP contribution in [-0.2, 0) is 11.3 Å². The quantitative estimate of drug-likeness (QED) is 0.811. The average Bonchev–Trinajstić information content (AvgIpc) is 3.23. The van der Waals surface area contributed by atoms with Gasteiger partial charge in [-0.1, -0.05) is 19.0 Å². The minimum Gasteiger partial charge on any atom is -0.483 e. The molecule has 25 heavy (non-hydrogen) atoms. The van der Waals surface area contributed by atoms with Gasteiger partial charge in [-0.25, -0.2) is 0 Å². The molecule has 1 aliphatic rings. The standard InChI is InChI=1S/C15H24N6O.CH2O2/c1-11(2)14-17-15(22-19-14)13-5-4-6-20(9-13)7-8-21-10-16-18-12(21)3;2-1-3/h10-11,13H,4-9H2,1-3H3;1H,(H,2,3). The van der Waals surface area contributed by atoms with Crippen LogP contribution in [0.1, 0.15) is 56.1 Å². The molecule has 138 valence electrons. The van der Waals surface area contributed by atoms with Gasteiger partial charge < -0.3 is 19.1 Å². The fourth-order valence-electron chi connectivity index (χ4n) is 2.89. The summed E-state index contributed by atoms with van der Waals surface area (Å²) in [6.07, 6.45) is 4.09. The van der Waals surface area contributed by atoms with E-state index in [-0.39, 0.29) is 6.47 Å². The Labute approximate surface area is 147 Å². The van der Waals surface area contributed by atoms with Crippen LogP contribution in [0.15, 0.2) is 10.9 Å². The molecule has 1 atom stereocenters. The van der Waals surface area contributed by atoms with E-state index >= 15 is 0 Å². The van der Waals surface area contributed by atoms with Gasteiger partial charge in [0.05, 0.1) is 5.92 Å². The lowest BCUT2D eigenvalue weighted by atomic mass is 9.98. The molecular formula is C16H26N6O3. The highest BCUT2D eigenvalue weighted by Gasteiger charge is 2.26. The van der Waals surface area contributed by atoms with E-state index in [0.717, 1.165) is 50.1 Å². The highest BCUT2D eigenvalue weighted by atomic mass is 16.5. The highest BCUT2D eigenvalue weighted by Crippen LogP contribution is 2.26. The van der Waals surface area contributed by atoms with Gasteiger partial charge in [0.15, 0.2) is 5.82 Å². The largest absolute Gasteiger partial charge is 0.483 e. The molecule has 1 fully saturated rings. The van der Waals surface area contributed by atoms with Crippen LogP contribution in [0.4, 0.5) is 0 Å². The molecular weight excluding hydrogens is 324 g/mol. The molecule has 0 aliphatic carbocycles. The maximum absolute atomic E-state index is 8.36. The number of carboxylic acid groups (broad SMARTS) is 1. The summed E-state index contributed by atoms with van der Waals surface area (Å²) >= 11 is 0. The Morgan fingerprint density at radius 2 is 2.20 bits per heavy atom. The summed E-state index contributed by atoms with van der Waals surface area (Å²) in [6, 6.07) is 0. The van der Waals surface area contributed by atoms with E-state index in [1.165, 1.54) is 6.42 Å². The number of carbonyl (C=O) groups is 1. The third kappa shape index (κ3) is 5.35. The van der Waals surface area contributed by atoms with E-state index in [9.17, 15) is 0 Å². The fraction of sp³-hybridized carbons (Fsp3) is 0.688. The summed E-state index contributed by atoms with van der Waals surface area (Å²) in [5.41, 5.74) is 0. The normalized spacial score (nSPS) is 18.0. The number of aryl methyl sites for hydroxylation is 1. The van der Waals surface area contributed by atoms with Crippen LogP contribution in [0.3, 0.4) is 0 Å². The molecule has 0 radical (unpaired) electrons. The summed E-state index contributed by atoms with van der Waals surface area (Å²) in [5.74, 6) is 3.25. The molecule has 0 spiro atoms. The Bertz CT molecular complexity index is 654. The van der Waals surface area contributed by atoms with Crippen LogP contribution in [0.5, 0.6) is 0 Å². The number of piperidine rings is 1. The van der Waals surface area contributed by atoms with E-state index < -0.39 is 0 Å². The van der Waals surface area contributed by atoms with Crippen LogP contribution in [0.25, 0.3) is 0 Å². The Kier molecular flexibility index (Phi) is 7.05. The summed E-state index contributed by atoms with van der Waals surface area (Å²) in [7, 11) is 0. The fourth-order valence-corrected chi connectivity index (χ4v) is 2.89. The second-order valence-electron chi connectivity index (χ2n) is 6.46. The van der Waals surface area contributed by atoms with E-state index in [1.54, 1.807) is 6.33 Å². The first kappa shape index (κ1) is 19.0. The van der Waals surface area contributed by atoms with E-state index in [1.807, 2.05) is 6.92 Å². The number of hydrogen-bond acceptors (Lipinski definition) is 7. The van der Waals surface area contributed by atoms with Gasteiger partial charge >= 0.3 is 0 Å². The summed E-state index contributed by atoms with van der Waals surface area (Å²) in [5, 5.41) is 18.9. The third-order valence-corrected chi connectivity index (χ3v) is 4.29.